The Morgan fingerprint density at radius 1 is 1.43 bits per heavy atom. The second-order valence-corrected chi connectivity index (χ2v) is 3.66. The first kappa shape index (κ1) is 9.00. The lowest BCUT2D eigenvalue weighted by atomic mass is 10.1. The van der Waals surface area contributed by atoms with Gasteiger partial charge in [0.05, 0.1) is 5.92 Å². The van der Waals surface area contributed by atoms with Gasteiger partial charge in [0.1, 0.15) is 0 Å². The minimum atomic E-state index is -0.678. The van der Waals surface area contributed by atoms with Crippen molar-refractivity contribution in [2.75, 3.05) is 0 Å². The van der Waals surface area contributed by atoms with E-state index in [2.05, 4.69) is 6.58 Å². The summed E-state index contributed by atoms with van der Waals surface area (Å²) < 4.78 is 0. The van der Waals surface area contributed by atoms with Crippen LogP contribution in [-0.2, 0) is 4.79 Å². The fourth-order valence-electron chi connectivity index (χ4n) is 1.72. The highest BCUT2D eigenvalue weighted by Gasteiger charge is 2.43. The first-order valence-corrected chi connectivity index (χ1v) is 4.67. The monoisotopic (exact) mass is 188 g/mol. The third-order valence-corrected chi connectivity index (χ3v) is 2.71. The van der Waals surface area contributed by atoms with Gasteiger partial charge in [-0.3, -0.25) is 4.79 Å². The van der Waals surface area contributed by atoms with Gasteiger partial charge >= 0.3 is 5.97 Å². The van der Waals surface area contributed by atoms with Gasteiger partial charge in [0.2, 0.25) is 0 Å². The first-order valence-electron chi connectivity index (χ1n) is 4.67. The molecule has 2 atom stereocenters. The van der Waals surface area contributed by atoms with Gasteiger partial charge in [-0.2, -0.15) is 0 Å². The molecule has 2 nitrogen and oxygen atoms in total. The lowest BCUT2D eigenvalue weighted by molar-refractivity contribution is -0.138. The van der Waals surface area contributed by atoms with E-state index < -0.39 is 5.97 Å². The van der Waals surface area contributed by atoms with Crippen LogP contribution in [0.1, 0.15) is 23.5 Å². The maximum absolute atomic E-state index is 10.7. The molecule has 1 fully saturated rings. The fourth-order valence-corrected chi connectivity index (χ4v) is 1.72. The molecule has 0 aliphatic heterocycles. The molecule has 14 heavy (non-hydrogen) atoms. The van der Waals surface area contributed by atoms with Crippen molar-refractivity contribution >= 4 is 12.0 Å². The molecule has 0 heterocycles. The van der Waals surface area contributed by atoms with Crippen LogP contribution in [0.3, 0.4) is 0 Å². The number of carbonyl (C=O) groups is 1. The molecule has 1 saturated carbocycles. The highest BCUT2D eigenvalue weighted by Crippen LogP contribution is 2.47. The van der Waals surface area contributed by atoms with Crippen LogP contribution >= 0.6 is 0 Å². The minimum Gasteiger partial charge on any atom is -0.481 e. The molecule has 1 aliphatic carbocycles. The Labute approximate surface area is 82.9 Å². The third kappa shape index (κ3) is 1.55. The number of carboxylic acid groups (broad SMARTS) is 1. The normalized spacial score (nSPS) is 24.3. The zero-order valence-electron chi connectivity index (χ0n) is 7.81. The largest absolute Gasteiger partial charge is 0.481 e. The topological polar surface area (TPSA) is 37.3 Å². The van der Waals surface area contributed by atoms with Crippen LogP contribution < -0.4 is 0 Å². The molecule has 0 radical (unpaired) electrons. The Balaban J connectivity index is 2.12. The van der Waals surface area contributed by atoms with Crippen LogP contribution in [0.2, 0.25) is 0 Å². The number of carboxylic acids is 1. The molecule has 1 N–H and O–H groups in total. The maximum Gasteiger partial charge on any atom is 0.307 e. The third-order valence-electron chi connectivity index (χ3n) is 2.71. The summed E-state index contributed by atoms with van der Waals surface area (Å²) in [6.45, 7) is 3.67. The van der Waals surface area contributed by atoms with Gasteiger partial charge in [-0.25, -0.2) is 0 Å². The average molecular weight is 188 g/mol. The van der Waals surface area contributed by atoms with Crippen LogP contribution in [0, 0.1) is 5.92 Å². The molecule has 0 saturated heterocycles. The van der Waals surface area contributed by atoms with Gasteiger partial charge in [-0.05, 0) is 23.5 Å². The van der Waals surface area contributed by atoms with Gasteiger partial charge in [0, 0.05) is 0 Å². The molecular weight excluding hydrogens is 176 g/mol. The van der Waals surface area contributed by atoms with Gasteiger partial charge in [-0.1, -0.05) is 36.9 Å². The summed E-state index contributed by atoms with van der Waals surface area (Å²) in [5.74, 6) is -0.612. The average Bonchev–Trinajstić information content (AvgIpc) is 2.97. The Kier molecular flexibility index (Phi) is 2.12. The molecule has 0 amide bonds. The SMILES string of the molecule is C=Cc1ccc([C@H]2C[C@@H]2C(=O)O)cc1. The van der Waals surface area contributed by atoms with E-state index in [0.717, 1.165) is 17.5 Å². The van der Waals surface area contributed by atoms with Gasteiger partial charge in [0.15, 0.2) is 0 Å². The number of hydrogen-bond acceptors (Lipinski definition) is 1. The Morgan fingerprint density at radius 2 is 2.07 bits per heavy atom. The number of hydrogen-bond donors (Lipinski definition) is 1. The van der Waals surface area contributed by atoms with E-state index >= 15 is 0 Å². The summed E-state index contributed by atoms with van der Waals surface area (Å²) in [7, 11) is 0. The van der Waals surface area contributed by atoms with Gasteiger partial charge < -0.3 is 5.11 Å². The highest BCUT2D eigenvalue weighted by molar-refractivity contribution is 5.75. The van der Waals surface area contributed by atoms with Crippen LogP contribution in [0.5, 0.6) is 0 Å². The minimum absolute atomic E-state index is 0.162. The second-order valence-electron chi connectivity index (χ2n) is 3.66. The molecule has 1 aromatic rings. The molecular formula is C12H12O2. The predicted octanol–water partition coefficient (Wildman–Crippen LogP) is 2.52. The molecule has 1 aliphatic rings. The summed E-state index contributed by atoms with van der Waals surface area (Å²) in [6, 6.07) is 7.92. The van der Waals surface area contributed by atoms with Crippen molar-refractivity contribution in [3.05, 3.63) is 42.0 Å². The molecule has 2 heteroatoms. The van der Waals surface area contributed by atoms with E-state index in [1.807, 2.05) is 24.3 Å². The smallest absolute Gasteiger partial charge is 0.307 e. The van der Waals surface area contributed by atoms with Crippen LogP contribution in [0.15, 0.2) is 30.8 Å². The van der Waals surface area contributed by atoms with Gasteiger partial charge in [-0.15, -0.1) is 0 Å². The van der Waals surface area contributed by atoms with Crippen molar-refractivity contribution in [2.45, 2.75) is 12.3 Å². The summed E-state index contributed by atoms with van der Waals surface area (Å²) >= 11 is 0. The van der Waals surface area contributed by atoms with Crippen molar-refractivity contribution in [3.63, 3.8) is 0 Å². The molecule has 1 aromatic carbocycles. The zero-order chi connectivity index (χ0) is 10.1. The highest BCUT2D eigenvalue weighted by atomic mass is 16.4. The number of rotatable bonds is 3. The van der Waals surface area contributed by atoms with E-state index in [1.165, 1.54) is 0 Å². The van der Waals surface area contributed by atoms with Crippen LogP contribution in [0.25, 0.3) is 6.08 Å². The van der Waals surface area contributed by atoms with E-state index in [0.29, 0.717) is 0 Å². The lowest BCUT2D eigenvalue weighted by Crippen LogP contribution is -1.98. The standard InChI is InChI=1S/C12H12O2/c1-2-8-3-5-9(6-4-8)10-7-11(10)12(13)14/h2-6,10-11H,1,7H2,(H,13,14)/t10-,11+/m1/s1. The lowest BCUT2D eigenvalue weighted by Gasteiger charge is -1.98. The fraction of sp³-hybridized carbons (Fsp3) is 0.250. The molecule has 0 unspecified atom stereocenters. The first-order chi connectivity index (χ1) is 6.72. The molecule has 0 spiro atoms. The van der Waals surface area contributed by atoms with Crippen molar-refractivity contribution < 1.29 is 9.90 Å². The molecule has 72 valence electrons. The van der Waals surface area contributed by atoms with E-state index in [1.54, 1.807) is 6.08 Å². The predicted molar refractivity (Wildman–Crippen MR) is 55.0 cm³/mol. The summed E-state index contributed by atoms with van der Waals surface area (Å²) in [4.78, 5) is 10.7. The van der Waals surface area contributed by atoms with Crippen molar-refractivity contribution in [2.24, 2.45) is 5.92 Å². The Bertz CT molecular complexity index is 364. The molecule has 0 bridgehead atoms. The molecule has 2 rings (SSSR count). The summed E-state index contributed by atoms with van der Waals surface area (Å²) in [6.07, 6.45) is 2.56. The number of aliphatic carboxylic acids is 1. The molecule has 0 aromatic heterocycles. The summed E-state index contributed by atoms with van der Waals surface area (Å²) in [5.41, 5.74) is 2.20. The van der Waals surface area contributed by atoms with Crippen LogP contribution in [0.4, 0.5) is 0 Å². The Hall–Kier alpha value is -1.57. The van der Waals surface area contributed by atoms with Gasteiger partial charge in [0.25, 0.3) is 0 Å². The van der Waals surface area contributed by atoms with Crippen LogP contribution in [-0.4, -0.2) is 11.1 Å². The van der Waals surface area contributed by atoms with Crippen molar-refractivity contribution in [1.82, 2.24) is 0 Å². The second kappa shape index (κ2) is 3.29. The van der Waals surface area contributed by atoms with Crippen molar-refractivity contribution in [3.8, 4) is 0 Å². The van der Waals surface area contributed by atoms with E-state index in [4.69, 9.17) is 5.11 Å². The Morgan fingerprint density at radius 3 is 2.50 bits per heavy atom. The number of benzene rings is 1. The quantitative estimate of drug-likeness (QED) is 0.791. The van der Waals surface area contributed by atoms with E-state index in [-0.39, 0.29) is 11.8 Å². The van der Waals surface area contributed by atoms with Crippen molar-refractivity contribution in [1.29, 1.82) is 0 Å². The summed E-state index contributed by atoms with van der Waals surface area (Å²) in [5, 5.41) is 8.77. The van der Waals surface area contributed by atoms with E-state index in [9.17, 15) is 4.79 Å². The zero-order valence-corrected chi connectivity index (χ0v) is 7.81. The maximum atomic E-state index is 10.7.